The number of ether oxygens (including phenoxy) is 4. The summed E-state index contributed by atoms with van der Waals surface area (Å²) in [5.41, 5.74) is 0. The van der Waals surface area contributed by atoms with Crippen molar-refractivity contribution in [2.75, 3.05) is 52.9 Å². The molecule has 4 nitrogen and oxygen atoms in total. The van der Waals surface area contributed by atoms with E-state index in [2.05, 4.69) is 43.4 Å². The van der Waals surface area contributed by atoms with Crippen molar-refractivity contribution in [3.05, 3.63) is 0 Å². The number of hydrogen-bond acceptors (Lipinski definition) is 4. The van der Waals surface area contributed by atoms with Gasteiger partial charge >= 0.3 is 0 Å². The molecular formula is C17H35IO4. The van der Waals surface area contributed by atoms with E-state index >= 15 is 0 Å². The lowest BCUT2D eigenvalue weighted by Gasteiger charge is -2.08. The molecule has 0 aromatic heterocycles. The first-order valence-electron chi connectivity index (χ1n) is 8.58. The molecule has 0 aromatic carbocycles. The highest BCUT2D eigenvalue weighted by Gasteiger charge is 1.96. The minimum atomic E-state index is 0.626. The van der Waals surface area contributed by atoms with Gasteiger partial charge in [-0.1, -0.05) is 43.4 Å². The van der Waals surface area contributed by atoms with Gasteiger partial charge in [-0.2, -0.15) is 0 Å². The van der Waals surface area contributed by atoms with Gasteiger partial charge in [0.05, 0.1) is 39.6 Å². The second-order valence-corrected chi connectivity index (χ2v) is 8.03. The van der Waals surface area contributed by atoms with E-state index in [1.165, 1.54) is 12.8 Å². The van der Waals surface area contributed by atoms with Crippen LogP contribution in [0.4, 0.5) is 0 Å². The first-order valence-corrected chi connectivity index (χ1v) is 9.82. The zero-order chi connectivity index (χ0) is 16.5. The van der Waals surface area contributed by atoms with Gasteiger partial charge < -0.3 is 18.9 Å². The zero-order valence-electron chi connectivity index (χ0n) is 14.7. The highest BCUT2D eigenvalue weighted by molar-refractivity contribution is 14.1. The first kappa shape index (κ1) is 22.6. The molecule has 5 heteroatoms. The summed E-state index contributed by atoms with van der Waals surface area (Å²) in [6.45, 7) is 12.3. The van der Waals surface area contributed by atoms with Gasteiger partial charge in [0.2, 0.25) is 0 Å². The fourth-order valence-corrected chi connectivity index (χ4v) is 2.26. The summed E-state index contributed by atoms with van der Waals surface area (Å²) >= 11 is 2.44. The van der Waals surface area contributed by atoms with E-state index in [1.54, 1.807) is 0 Å². The largest absolute Gasteiger partial charge is 0.379 e. The molecule has 1 unspecified atom stereocenters. The molecule has 0 N–H and O–H groups in total. The highest BCUT2D eigenvalue weighted by Crippen LogP contribution is 2.06. The lowest BCUT2D eigenvalue weighted by molar-refractivity contribution is -0.00256. The number of hydrogen-bond donors (Lipinski definition) is 0. The maximum Gasteiger partial charge on any atom is 0.0701 e. The Morgan fingerprint density at radius 3 is 1.32 bits per heavy atom. The van der Waals surface area contributed by atoms with Crippen LogP contribution in [0.3, 0.4) is 0 Å². The summed E-state index contributed by atoms with van der Waals surface area (Å²) < 4.78 is 22.6. The van der Waals surface area contributed by atoms with Crippen LogP contribution in [0, 0.1) is 5.92 Å². The molecule has 0 amide bonds. The summed E-state index contributed by atoms with van der Waals surface area (Å²) in [6, 6.07) is 0. The maximum atomic E-state index is 5.50. The molecule has 0 saturated carbocycles. The van der Waals surface area contributed by atoms with Crippen LogP contribution in [0.5, 0.6) is 0 Å². The van der Waals surface area contributed by atoms with Crippen molar-refractivity contribution in [3.63, 3.8) is 0 Å². The van der Waals surface area contributed by atoms with Crippen LogP contribution in [0.1, 0.15) is 46.5 Å². The summed E-state index contributed by atoms with van der Waals surface area (Å²) in [6.07, 6.45) is 4.71. The van der Waals surface area contributed by atoms with Gasteiger partial charge in [-0.15, -0.1) is 0 Å². The molecule has 0 saturated heterocycles. The number of halogens is 1. The van der Waals surface area contributed by atoms with Gasteiger partial charge in [0.15, 0.2) is 0 Å². The third kappa shape index (κ3) is 20.6. The van der Waals surface area contributed by atoms with Gasteiger partial charge in [0, 0.05) is 17.1 Å². The third-order valence-electron chi connectivity index (χ3n) is 3.08. The van der Waals surface area contributed by atoms with Gasteiger partial charge in [-0.05, 0) is 31.6 Å². The molecule has 0 rings (SSSR count). The van der Waals surface area contributed by atoms with Crippen molar-refractivity contribution >= 4 is 22.6 Å². The van der Waals surface area contributed by atoms with Crippen LogP contribution in [-0.2, 0) is 18.9 Å². The van der Waals surface area contributed by atoms with Gasteiger partial charge in [-0.25, -0.2) is 0 Å². The zero-order valence-corrected chi connectivity index (χ0v) is 16.8. The van der Waals surface area contributed by atoms with Crippen molar-refractivity contribution in [1.82, 2.24) is 0 Å². The molecule has 22 heavy (non-hydrogen) atoms. The fourth-order valence-electron chi connectivity index (χ4n) is 1.82. The van der Waals surface area contributed by atoms with E-state index in [4.69, 9.17) is 18.9 Å². The van der Waals surface area contributed by atoms with E-state index in [9.17, 15) is 0 Å². The Balaban J connectivity index is 2.97. The molecule has 0 aliphatic carbocycles. The van der Waals surface area contributed by atoms with Gasteiger partial charge in [0.1, 0.15) is 0 Å². The average Bonchev–Trinajstić information content (AvgIpc) is 2.46. The molecule has 0 fully saturated rings. The minimum Gasteiger partial charge on any atom is -0.379 e. The van der Waals surface area contributed by atoms with Crippen LogP contribution in [-0.4, -0.2) is 56.8 Å². The quantitative estimate of drug-likeness (QED) is 0.198. The molecule has 1 atom stereocenters. The van der Waals surface area contributed by atoms with Gasteiger partial charge in [-0.3, -0.25) is 0 Å². The number of alkyl halides is 1. The monoisotopic (exact) mass is 430 g/mol. The molecule has 0 aliphatic heterocycles. The minimum absolute atomic E-state index is 0.626. The van der Waals surface area contributed by atoms with Crippen molar-refractivity contribution in [3.8, 4) is 0 Å². The van der Waals surface area contributed by atoms with Crippen LogP contribution in [0.25, 0.3) is 0 Å². The molecular weight excluding hydrogens is 395 g/mol. The Morgan fingerprint density at radius 1 is 0.591 bits per heavy atom. The summed E-state index contributed by atoms with van der Waals surface area (Å²) in [5, 5.41) is 0. The van der Waals surface area contributed by atoms with Crippen molar-refractivity contribution in [2.45, 2.75) is 50.4 Å². The Labute approximate surface area is 150 Å². The second kappa shape index (κ2) is 17.9. The molecule has 0 heterocycles. The van der Waals surface area contributed by atoms with E-state index in [0.717, 1.165) is 35.9 Å². The molecule has 134 valence electrons. The predicted molar refractivity (Wildman–Crippen MR) is 100 cm³/mol. The highest BCUT2D eigenvalue weighted by atomic mass is 127. The molecule has 0 radical (unpaired) electrons. The maximum absolute atomic E-state index is 5.50. The fraction of sp³-hybridized carbons (Fsp3) is 1.00. The molecule has 0 aliphatic rings. The molecule has 0 bridgehead atoms. The second-order valence-electron chi connectivity index (χ2n) is 5.91. The lowest BCUT2D eigenvalue weighted by Crippen LogP contribution is -2.12. The van der Waals surface area contributed by atoms with Crippen LogP contribution >= 0.6 is 22.6 Å². The Morgan fingerprint density at radius 2 is 0.955 bits per heavy atom. The van der Waals surface area contributed by atoms with Crippen molar-refractivity contribution < 1.29 is 18.9 Å². The lowest BCUT2D eigenvalue weighted by atomic mass is 10.1. The van der Waals surface area contributed by atoms with Crippen LogP contribution in [0.15, 0.2) is 0 Å². The Hall–Kier alpha value is 0.570. The Bertz CT molecular complexity index is 191. The normalized spacial score (nSPS) is 13.0. The van der Waals surface area contributed by atoms with Crippen molar-refractivity contribution in [1.29, 1.82) is 0 Å². The Kier molecular flexibility index (Phi) is 18.4. The van der Waals surface area contributed by atoms with E-state index < -0.39 is 0 Å². The third-order valence-corrected chi connectivity index (χ3v) is 3.70. The van der Waals surface area contributed by atoms with Crippen LogP contribution < -0.4 is 0 Å². The summed E-state index contributed by atoms with van der Waals surface area (Å²) in [5.74, 6) is 0.760. The van der Waals surface area contributed by atoms with Crippen molar-refractivity contribution in [2.24, 2.45) is 5.92 Å². The van der Waals surface area contributed by atoms with E-state index in [-0.39, 0.29) is 0 Å². The van der Waals surface area contributed by atoms with Gasteiger partial charge in [0.25, 0.3) is 0 Å². The van der Waals surface area contributed by atoms with E-state index in [0.29, 0.717) is 39.6 Å². The molecule has 0 spiro atoms. The molecule has 0 aromatic rings. The SMILES string of the molecule is CC(C)CCCOCCOCCOCCOCCCC(C)I. The van der Waals surface area contributed by atoms with Crippen LogP contribution in [0.2, 0.25) is 0 Å². The summed E-state index contributed by atoms with van der Waals surface area (Å²) in [4.78, 5) is 0. The first-order chi connectivity index (χ1) is 10.6. The predicted octanol–water partition coefficient (Wildman–Crippen LogP) is 4.09. The average molecular weight is 430 g/mol. The topological polar surface area (TPSA) is 36.9 Å². The smallest absolute Gasteiger partial charge is 0.0701 e. The standard InChI is InChI=1S/C17H35IO4/c1-16(2)6-4-8-19-10-12-21-14-15-22-13-11-20-9-5-7-17(3)18/h16-17H,4-15H2,1-3H3. The summed E-state index contributed by atoms with van der Waals surface area (Å²) in [7, 11) is 0. The van der Waals surface area contributed by atoms with E-state index in [1.807, 2.05) is 0 Å². The number of rotatable bonds is 17.